The smallest absolute Gasteiger partial charge is 0.421 e. The minimum absolute atomic E-state index is 0.262. The quantitative estimate of drug-likeness (QED) is 0.808. The van der Waals surface area contributed by atoms with Gasteiger partial charge in [-0.3, -0.25) is 4.68 Å². The Labute approximate surface area is 149 Å². The third kappa shape index (κ3) is 3.10. The maximum atomic E-state index is 11.9. The van der Waals surface area contributed by atoms with Crippen molar-refractivity contribution in [1.82, 2.24) is 19.3 Å². The molecular weight excluding hydrogens is 338 g/mol. The zero-order chi connectivity index (χ0) is 19.6. The van der Waals surface area contributed by atoms with E-state index in [0.717, 1.165) is 11.7 Å². The first kappa shape index (κ1) is 18.6. The number of aryl methyl sites for hydroxylation is 1. The number of methoxy groups -OCH3 is 1. The van der Waals surface area contributed by atoms with Crippen LogP contribution in [0.1, 0.15) is 37.9 Å². The van der Waals surface area contributed by atoms with Crippen LogP contribution in [0.3, 0.4) is 0 Å². The summed E-state index contributed by atoms with van der Waals surface area (Å²) in [6.07, 6.45) is -0.917. The van der Waals surface area contributed by atoms with Crippen LogP contribution >= 0.6 is 0 Å². The molecule has 0 saturated carbocycles. The molecule has 0 aliphatic heterocycles. The van der Waals surface area contributed by atoms with Gasteiger partial charge in [0.25, 0.3) is 5.95 Å². The first-order chi connectivity index (χ1) is 12.1. The second-order valence-electron chi connectivity index (χ2n) is 6.29. The zero-order valence-corrected chi connectivity index (χ0v) is 15.0. The Morgan fingerprint density at radius 3 is 2.42 bits per heavy atom. The van der Waals surface area contributed by atoms with Crippen LogP contribution in [-0.4, -0.2) is 32.5 Å². The van der Waals surface area contributed by atoms with Crippen LogP contribution in [0.2, 0.25) is 0 Å². The minimum Gasteiger partial charge on any atom is -0.452 e. The summed E-state index contributed by atoms with van der Waals surface area (Å²) in [5, 5.41) is 30.6. The van der Waals surface area contributed by atoms with Crippen molar-refractivity contribution in [3.05, 3.63) is 17.1 Å². The number of nitrogen functional groups attached to an aromatic ring is 1. The summed E-state index contributed by atoms with van der Waals surface area (Å²) in [4.78, 5) is 15.8. The van der Waals surface area contributed by atoms with Crippen molar-refractivity contribution in [3.63, 3.8) is 0 Å². The molecule has 0 aliphatic rings. The summed E-state index contributed by atoms with van der Waals surface area (Å²) in [5.41, 5.74) is 6.00. The molecule has 0 saturated heterocycles. The number of hydrogen-bond donors (Lipinski definition) is 1. The molecule has 2 heterocycles. The highest BCUT2D eigenvalue weighted by molar-refractivity contribution is 5.76. The SMILES string of the molecule is COC(=O)n1c(/N=N/c2c(C(C)(C)C)nn(C)c2N)nc(C#N)c1C#N. The average Bonchev–Trinajstić information content (AvgIpc) is 3.09. The van der Waals surface area contributed by atoms with Crippen molar-refractivity contribution in [2.45, 2.75) is 26.2 Å². The molecule has 134 valence electrons. The molecule has 0 spiro atoms. The van der Waals surface area contributed by atoms with Gasteiger partial charge >= 0.3 is 6.09 Å². The van der Waals surface area contributed by atoms with Crippen LogP contribution in [0, 0.1) is 22.7 Å². The van der Waals surface area contributed by atoms with E-state index in [1.54, 1.807) is 19.2 Å². The molecule has 2 aromatic rings. The number of nitrogens with zero attached hydrogens (tertiary/aromatic N) is 8. The molecule has 2 rings (SSSR count). The molecule has 0 atom stereocenters. The van der Waals surface area contributed by atoms with Crippen molar-refractivity contribution < 1.29 is 9.53 Å². The molecule has 0 fully saturated rings. The normalized spacial score (nSPS) is 11.3. The van der Waals surface area contributed by atoms with Crippen LogP contribution in [0.5, 0.6) is 0 Å². The Hall–Kier alpha value is -3.73. The Morgan fingerprint density at radius 1 is 1.27 bits per heavy atom. The van der Waals surface area contributed by atoms with Crippen molar-refractivity contribution in [2.24, 2.45) is 17.3 Å². The van der Waals surface area contributed by atoms with Crippen LogP contribution < -0.4 is 5.73 Å². The number of azo groups is 1. The number of carbonyl (C=O) groups excluding carboxylic acids is 1. The van der Waals surface area contributed by atoms with Crippen molar-refractivity contribution >= 4 is 23.5 Å². The Kier molecular flexibility index (Phi) is 4.75. The minimum atomic E-state index is -0.917. The monoisotopic (exact) mass is 355 g/mol. The number of aromatic nitrogens is 4. The highest BCUT2D eigenvalue weighted by Crippen LogP contribution is 2.36. The number of anilines is 1. The van der Waals surface area contributed by atoms with Gasteiger partial charge in [-0.1, -0.05) is 20.8 Å². The fourth-order valence-corrected chi connectivity index (χ4v) is 2.15. The van der Waals surface area contributed by atoms with Crippen molar-refractivity contribution in [2.75, 3.05) is 12.8 Å². The number of hydrogen-bond acceptors (Lipinski definition) is 9. The van der Waals surface area contributed by atoms with E-state index in [1.807, 2.05) is 20.8 Å². The van der Waals surface area contributed by atoms with E-state index in [4.69, 9.17) is 11.0 Å². The molecule has 11 heteroatoms. The van der Waals surface area contributed by atoms with Crippen LogP contribution in [0.15, 0.2) is 10.2 Å². The number of carbonyl (C=O) groups is 1. The summed E-state index contributed by atoms with van der Waals surface area (Å²) in [5.74, 6) is 0.00363. The molecule has 26 heavy (non-hydrogen) atoms. The standard InChI is InChI=1S/C15H17N9O2/c1-15(2,3)11-10(12(18)23(4)22-11)20-21-13-19-8(6-16)9(7-17)24(13)14(25)26-5/h18H2,1-5H3/b21-20+. The van der Waals surface area contributed by atoms with Crippen molar-refractivity contribution in [1.29, 1.82) is 10.5 Å². The molecule has 0 radical (unpaired) electrons. The molecule has 0 aromatic carbocycles. The Morgan fingerprint density at radius 2 is 1.92 bits per heavy atom. The Bertz CT molecular complexity index is 977. The summed E-state index contributed by atoms with van der Waals surface area (Å²) in [6, 6.07) is 3.46. The van der Waals surface area contributed by atoms with Crippen LogP contribution in [-0.2, 0) is 17.2 Å². The summed E-state index contributed by atoms with van der Waals surface area (Å²) >= 11 is 0. The molecule has 0 unspecified atom stereocenters. The number of nitrogens with two attached hydrogens (primary N) is 1. The van der Waals surface area contributed by atoms with Gasteiger partial charge in [0.2, 0.25) is 0 Å². The summed E-state index contributed by atoms with van der Waals surface area (Å²) in [6.45, 7) is 5.81. The van der Waals surface area contributed by atoms with Gasteiger partial charge in [-0.25, -0.2) is 4.79 Å². The predicted octanol–water partition coefficient (Wildman–Crippen LogP) is 2.27. The molecule has 11 nitrogen and oxygen atoms in total. The van der Waals surface area contributed by atoms with E-state index in [-0.39, 0.29) is 28.6 Å². The molecule has 2 N–H and O–H groups in total. The van der Waals surface area contributed by atoms with E-state index < -0.39 is 6.09 Å². The van der Waals surface area contributed by atoms with E-state index in [0.29, 0.717) is 11.4 Å². The van der Waals surface area contributed by atoms with Gasteiger partial charge in [-0.05, 0) is 0 Å². The summed E-state index contributed by atoms with van der Waals surface area (Å²) < 4.78 is 6.85. The zero-order valence-electron chi connectivity index (χ0n) is 15.0. The molecule has 0 aliphatic carbocycles. The average molecular weight is 355 g/mol. The summed E-state index contributed by atoms with van der Waals surface area (Å²) in [7, 11) is 2.80. The number of rotatable bonds is 2. The topological polar surface area (TPSA) is 160 Å². The maximum Gasteiger partial charge on any atom is 0.421 e. The van der Waals surface area contributed by atoms with E-state index in [9.17, 15) is 10.1 Å². The highest BCUT2D eigenvalue weighted by atomic mass is 16.5. The third-order valence-corrected chi connectivity index (χ3v) is 3.44. The van der Waals surface area contributed by atoms with Gasteiger partial charge in [0, 0.05) is 12.5 Å². The number of ether oxygens (including phenoxy) is 1. The first-order valence-corrected chi connectivity index (χ1v) is 7.41. The molecule has 2 aromatic heterocycles. The molecule has 0 bridgehead atoms. The van der Waals surface area contributed by atoms with E-state index in [2.05, 4.69) is 25.0 Å². The van der Waals surface area contributed by atoms with E-state index in [1.165, 1.54) is 4.68 Å². The fourth-order valence-electron chi connectivity index (χ4n) is 2.15. The van der Waals surface area contributed by atoms with Crippen LogP contribution in [0.4, 0.5) is 22.2 Å². The van der Waals surface area contributed by atoms with Gasteiger partial charge in [0.1, 0.15) is 18.0 Å². The first-order valence-electron chi connectivity index (χ1n) is 7.41. The molecular formula is C15H17N9O2. The maximum absolute atomic E-state index is 11.9. The second-order valence-corrected chi connectivity index (χ2v) is 6.29. The second kappa shape index (κ2) is 6.64. The van der Waals surface area contributed by atoms with Gasteiger partial charge in [0.05, 0.1) is 12.8 Å². The fraction of sp³-hybridized carbons (Fsp3) is 0.400. The van der Waals surface area contributed by atoms with Gasteiger partial charge in [0.15, 0.2) is 17.1 Å². The van der Waals surface area contributed by atoms with Crippen LogP contribution in [0.25, 0.3) is 0 Å². The predicted molar refractivity (Wildman–Crippen MR) is 90.0 cm³/mol. The van der Waals surface area contributed by atoms with Gasteiger partial charge in [-0.2, -0.15) is 25.2 Å². The number of nitriles is 2. The van der Waals surface area contributed by atoms with Crippen molar-refractivity contribution in [3.8, 4) is 12.1 Å². The highest BCUT2D eigenvalue weighted by Gasteiger charge is 2.26. The number of imidazole rings is 1. The lowest BCUT2D eigenvalue weighted by molar-refractivity contribution is 0.173. The molecule has 0 amide bonds. The lowest BCUT2D eigenvalue weighted by Gasteiger charge is -2.15. The van der Waals surface area contributed by atoms with Gasteiger partial charge < -0.3 is 10.5 Å². The third-order valence-electron chi connectivity index (χ3n) is 3.44. The lowest BCUT2D eigenvalue weighted by atomic mass is 9.91. The van der Waals surface area contributed by atoms with E-state index >= 15 is 0 Å². The Balaban J connectivity index is 2.64. The lowest BCUT2D eigenvalue weighted by Crippen LogP contribution is -2.13. The largest absolute Gasteiger partial charge is 0.452 e. The van der Waals surface area contributed by atoms with Gasteiger partial charge in [-0.15, -0.1) is 10.2 Å².